The monoisotopic (exact) mass is 742 g/mol. The molecule has 0 amide bonds. The number of hydrogen-bond donors (Lipinski definition) is 1. The van der Waals surface area contributed by atoms with Gasteiger partial charge in [-0.2, -0.15) is 0 Å². The van der Waals surface area contributed by atoms with E-state index in [0.29, 0.717) is 13.1 Å². The average molecular weight is 743 g/mol. The Kier molecular flexibility index (Phi) is 10.8. The first-order valence-electron chi connectivity index (χ1n) is 16.0. The fourth-order valence-corrected chi connectivity index (χ4v) is 8.85. The fourth-order valence-electron chi connectivity index (χ4n) is 5.88. The molecule has 0 radical (unpaired) electrons. The van der Waals surface area contributed by atoms with Crippen molar-refractivity contribution in [3.05, 3.63) is 144 Å². The molecule has 13 heteroatoms. The van der Waals surface area contributed by atoms with E-state index in [1.54, 1.807) is 48.5 Å². The van der Waals surface area contributed by atoms with Crippen LogP contribution in [0.5, 0.6) is 0 Å². The summed E-state index contributed by atoms with van der Waals surface area (Å²) in [5, 5.41) is 0.257. The van der Waals surface area contributed by atoms with Gasteiger partial charge in [-0.1, -0.05) is 97.1 Å². The number of carbonyl (C=O) groups is 1. The van der Waals surface area contributed by atoms with Crippen molar-refractivity contribution < 1.29 is 26.4 Å². The molecule has 0 saturated carbocycles. The summed E-state index contributed by atoms with van der Waals surface area (Å²) in [5.74, 6) is -0.505. The Labute approximate surface area is 302 Å². The molecule has 0 fully saturated rings. The summed E-state index contributed by atoms with van der Waals surface area (Å²) in [4.78, 5) is 20.0. The highest BCUT2D eigenvalue weighted by molar-refractivity contribution is 7.92. The van der Waals surface area contributed by atoms with Crippen molar-refractivity contribution in [3.63, 3.8) is 0 Å². The van der Waals surface area contributed by atoms with Crippen LogP contribution in [-0.2, 0) is 37.9 Å². The number of carbonyl (C=O) groups excluding carboxylic acids is 1. The number of sulfonamides is 1. The van der Waals surface area contributed by atoms with Gasteiger partial charge in [0.2, 0.25) is 10.0 Å². The second-order valence-corrected chi connectivity index (χ2v) is 15.7. The summed E-state index contributed by atoms with van der Waals surface area (Å²) in [6, 6.07) is 35.4. The molecule has 0 spiro atoms. The minimum absolute atomic E-state index is 0.0176. The zero-order valence-corrected chi connectivity index (χ0v) is 30.0. The van der Waals surface area contributed by atoms with Gasteiger partial charge in [-0.3, -0.25) is 4.72 Å². The Morgan fingerprint density at radius 2 is 1.39 bits per heavy atom. The van der Waals surface area contributed by atoms with Crippen LogP contribution < -0.4 is 9.62 Å². The lowest BCUT2D eigenvalue weighted by Gasteiger charge is -2.26. The SMILES string of the molecule is COC(=O)c1cnc(N(Cc2ccccc2)Cc2ccccc2)c2c1cc(-c1ccccc1NS(=O)(=O)CCCCl)n2S(=O)(=O)c1ccccc1. The number of benzene rings is 4. The second-order valence-electron chi connectivity index (χ2n) is 11.7. The molecule has 6 rings (SSSR count). The number of rotatable bonds is 14. The van der Waals surface area contributed by atoms with Crippen molar-refractivity contribution >= 4 is 60.0 Å². The number of esters is 1. The van der Waals surface area contributed by atoms with Crippen LogP contribution in [0.15, 0.2) is 132 Å². The van der Waals surface area contributed by atoms with Gasteiger partial charge >= 0.3 is 5.97 Å². The van der Waals surface area contributed by atoms with Crippen LogP contribution in [0.1, 0.15) is 27.9 Å². The molecule has 6 aromatic rings. The van der Waals surface area contributed by atoms with Crippen LogP contribution in [0, 0.1) is 0 Å². The van der Waals surface area contributed by atoms with E-state index in [4.69, 9.17) is 21.3 Å². The number of methoxy groups -OCH3 is 1. The minimum atomic E-state index is -4.42. The van der Waals surface area contributed by atoms with Gasteiger partial charge in [0.1, 0.15) is 5.52 Å². The van der Waals surface area contributed by atoms with E-state index in [2.05, 4.69) is 4.72 Å². The van der Waals surface area contributed by atoms with Gasteiger partial charge in [0, 0.05) is 36.1 Å². The molecule has 2 aromatic heterocycles. The van der Waals surface area contributed by atoms with E-state index in [1.165, 1.54) is 25.4 Å². The van der Waals surface area contributed by atoms with E-state index in [9.17, 15) is 21.6 Å². The summed E-state index contributed by atoms with van der Waals surface area (Å²) in [7, 11) is -7.05. The van der Waals surface area contributed by atoms with Crippen molar-refractivity contribution in [2.24, 2.45) is 0 Å². The molecular weight excluding hydrogens is 708 g/mol. The van der Waals surface area contributed by atoms with E-state index in [-0.39, 0.29) is 62.2 Å². The highest BCUT2D eigenvalue weighted by Gasteiger charge is 2.31. The highest BCUT2D eigenvalue weighted by atomic mass is 35.5. The van der Waals surface area contributed by atoms with Crippen molar-refractivity contribution in [3.8, 4) is 11.3 Å². The number of para-hydroxylation sites is 1. The molecule has 0 unspecified atom stereocenters. The van der Waals surface area contributed by atoms with Crippen LogP contribution >= 0.6 is 11.6 Å². The van der Waals surface area contributed by atoms with E-state index in [1.807, 2.05) is 65.6 Å². The van der Waals surface area contributed by atoms with Crippen molar-refractivity contribution in [1.29, 1.82) is 0 Å². The number of halogens is 1. The quantitative estimate of drug-likeness (QED) is 0.0910. The molecule has 2 heterocycles. The average Bonchev–Trinajstić information content (AvgIpc) is 3.56. The summed E-state index contributed by atoms with van der Waals surface area (Å²) in [5.41, 5.74) is 2.59. The Hall–Kier alpha value is -5.17. The number of fused-ring (bicyclic) bond motifs is 1. The molecule has 0 aliphatic rings. The first-order valence-corrected chi connectivity index (χ1v) is 19.7. The van der Waals surface area contributed by atoms with Crippen molar-refractivity contribution in [2.45, 2.75) is 24.4 Å². The van der Waals surface area contributed by atoms with E-state index < -0.39 is 26.0 Å². The molecule has 0 bridgehead atoms. The van der Waals surface area contributed by atoms with Gasteiger partial charge in [-0.05, 0) is 41.8 Å². The lowest BCUT2D eigenvalue weighted by molar-refractivity contribution is 0.0602. The number of alkyl halides is 1. The molecule has 0 aliphatic heterocycles. The molecule has 0 atom stereocenters. The van der Waals surface area contributed by atoms with Gasteiger partial charge in [-0.25, -0.2) is 30.6 Å². The van der Waals surface area contributed by atoms with Gasteiger partial charge in [0.15, 0.2) is 5.82 Å². The largest absolute Gasteiger partial charge is 0.465 e. The molecular formula is C38H35ClN4O6S2. The first kappa shape index (κ1) is 35.6. The van der Waals surface area contributed by atoms with Gasteiger partial charge in [0.05, 0.1) is 34.7 Å². The van der Waals surface area contributed by atoms with Crippen molar-refractivity contribution in [1.82, 2.24) is 8.96 Å². The summed E-state index contributed by atoms with van der Waals surface area (Å²) in [6.07, 6.45) is 1.61. The van der Waals surface area contributed by atoms with Crippen molar-refractivity contribution in [2.75, 3.05) is 28.4 Å². The van der Waals surface area contributed by atoms with Crippen LogP contribution in [0.2, 0.25) is 0 Å². The molecule has 262 valence electrons. The molecule has 1 N–H and O–H groups in total. The van der Waals surface area contributed by atoms with Crippen LogP contribution in [0.4, 0.5) is 11.5 Å². The molecule has 10 nitrogen and oxygen atoms in total. The normalized spacial score (nSPS) is 11.7. The van der Waals surface area contributed by atoms with Crippen LogP contribution in [0.25, 0.3) is 22.2 Å². The lowest BCUT2D eigenvalue weighted by atomic mass is 10.1. The highest BCUT2D eigenvalue weighted by Crippen LogP contribution is 2.41. The second kappa shape index (κ2) is 15.4. The topological polar surface area (TPSA) is 128 Å². The van der Waals surface area contributed by atoms with Gasteiger partial charge in [0.25, 0.3) is 10.0 Å². The smallest absolute Gasteiger partial charge is 0.340 e. The summed E-state index contributed by atoms with van der Waals surface area (Å²) < 4.78 is 65.0. The lowest BCUT2D eigenvalue weighted by Crippen LogP contribution is -2.25. The maximum atomic E-state index is 14.9. The van der Waals surface area contributed by atoms with E-state index >= 15 is 0 Å². The van der Waals surface area contributed by atoms with Gasteiger partial charge in [-0.15, -0.1) is 11.6 Å². The number of ether oxygens (including phenoxy) is 1. The summed E-state index contributed by atoms with van der Waals surface area (Å²) in [6.45, 7) is 0.691. The Balaban J connectivity index is 1.70. The molecule has 4 aromatic carbocycles. The molecule has 0 saturated heterocycles. The van der Waals surface area contributed by atoms with Gasteiger partial charge < -0.3 is 9.64 Å². The summed E-state index contributed by atoms with van der Waals surface area (Å²) >= 11 is 5.80. The Morgan fingerprint density at radius 1 is 0.824 bits per heavy atom. The molecule has 51 heavy (non-hydrogen) atoms. The third kappa shape index (κ3) is 7.78. The third-order valence-corrected chi connectivity index (χ3v) is 11.6. The number of nitrogens with one attached hydrogen (secondary N) is 1. The van der Waals surface area contributed by atoms with E-state index in [0.717, 1.165) is 15.1 Å². The fraction of sp³-hybridized carbons (Fsp3) is 0.158. The molecule has 0 aliphatic carbocycles. The number of nitrogens with zero attached hydrogens (tertiary/aromatic N) is 3. The zero-order chi connectivity index (χ0) is 36.0. The maximum absolute atomic E-state index is 14.9. The third-order valence-electron chi connectivity index (χ3n) is 8.21. The Bertz CT molecular complexity index is 2330. The zero-order valence-electron chi connectivity index (χ0n) is 27.6. The maximum Gasteiger partial charge on any atom is 0.340 e. The minimum Gasteiger partial charge on any atom is -0.465 e. The van der Waals surface area contributed by atoms with Crippen LogP contribution in [-0.4, -0.2) is 50.5 Å². The standard InChI is InChI=1S/C38H35ClN4O6S2/c1-49-38(44)33-25-40-37(42(26-28-14-5-2-6-15-28)27-29-16-7-3-8-17-29)36-32(33)24-35(43(36)51(47,48)30-18-9-4-10-19-30)31-20-11-12-21-34(31)41-50(45,46)23-13-22-39/h2-12,14-21,24-25,41H,13,22-23,26-27H2,1H3. The number of anilines is 2. The number of hydrogen-bond acceptors (Lipinski definition) is 8. The predicted molar refractivity (Wildman–Crippen MR) is 201 cm³/mol. The Morgan fingerprint density at radius 3 is 1.98 bits per heavy atom. The van der Waals surface area contributed by atoms with Crippen LogP contribution in [0.3, 0.4) is 0 Å². The predicted octanol–water partition coefficient (Wildman–Crippen LogP) is 7.30. The number of aromatic nitrogens is 2. The number of pyridine rings is 1. The first-order chi connectivity index (χ1) is 24.6.